The zero-order valence-electron chi connectivity index (χ0n) is 14.4. The summed E-state index contributed by atoms with van der Waals surface area (Å²) >= 11 is 1.51. The van der Waals surface area contributed by atoms with Gasteiger partial charge >= 0.3 is 0 Å². The van der Waals surface area contributed by atoms with Gasteiger partial charge in [0.1, 0.15) is 6.10 Å². The van der Waals surface area contributed by atoms with Crippen LogP contribution in [0.15, 0.2) is 42.0 Å². The van der Waals surface area contributed by atoms with Crippen LogP contribution in [-0.2, 0) is 0 Å². The van der Waals surface area contributed by atoms with Crippen LogP contribution in [0.2, 0.25) is 0 Å². The van der Waals surface area contributed by atoms with Crippen molar-refractivity contribution in [3.63, 3.8) is 0 Å². The number of piperidine rings is 1. The zero-order chi connectivity index (χ0) is 17.9. The van der Waals surface area contributed by atoms with Gasteiger partial charge in [0, 0.05) is 44.4 Å². The number of nitrogens with zero attached hydrogens (tertiary/aromatic N) is 5. The first-order valence-corrected chi connectivity index (χ1v) is 9.42. The molecule has 1 fully saturated rings. The number of hydrogen-bond donors (Lipinski definition) is 0. The quantitative estimate of drug-likeness (QED) is 0.707. The van der Waals surface area contributed by atoms with Gasteiger partial charge in [-0.05, 0) is 36.1 Å². The number of carbonyl (C=O) groups excluding carboxylic acids is 1. The lowest BCUT2D eigenvalue weighted by Crippen LogP contribution is -2.41. The van der Waals surface area contributed by atoms with Crippen LogP contribution in [0, 0.1) is 6.92 Å². The Kier molecular flexibility index (Phi) is 4.66. The van der Waals surface area contributed by atoms with Gasteiger partial charge in [-0.2, -0.15) is 5.10 Å². The van der Waals surface area contributed by atoms with Gasteiger partial charge in [0.15, 0.2) is 5.82 Å². The number of aromatic nitrogens is 4. The summed E-state index contributed by atoms with van der Waals surface area (Å²) < 4.78 is 7.57. The Morgan fingerprint density at radius 1 is 1.27 bits per heavy atom. The highest BCUT2D eigenvalue weighted by atomic mass is 32.1. The van der Waals surface area contributed by atoms with Gasteiger partial charge in [0.25, 0.3) is 5.91 Å². The van der Waals surface area contributed by atoms with Gasteiger partial charge < -0.3 is 9.64 Å². The molecule has 26 heavy (non-hydrogen) atoms. The Labute approximate surface area is 155 Å². The lowest BCUT2D eigenvalue weighted by atomic mass is 10.1. The Morgan fingerprint density at radius 3 is 2.73 bits per heavy atom. The minimum Gasteiger partial charge on any atom is -0.473 e. The standard InChI is InChI=1S/C18H19N5O2S/c1-13-11-15(26-12-13)18(24)22-9-5-14(6-10-22)25-17-4-3-16(20-21-17)23-8-2-7-19-23/h2-4,7-8,11-12,14H,5-6,9-10H2,1H3. The molecule has 0 saturated carbocycles. The molecule has 0 aromatic carbocycles. The first-order chi connectivity index (χ1) is 12.7. The molecule has 4 heterocycles. The van der Waals surface area contributed by atoms with Crippen molar-refractivity contribution in [2.24, 2.45) is 0 Å². The second kappa shape index (κ2) is 7.25. The van der Waals surface area contributed by atoms with E-state index in [4.69, 9.17) is 4.74 Å². The summed E-state index contributed by atoms with van der Waals surface area (Å²) in [6, 6.07) is 7.41. The van der Waals surface area contributed by atoms with E-state index in [1.807, 2.05) is 41.6 Å². The van der Waals surface area contributed by atoms with Gasteiger partial charge in [-0.1, -0.05) is 0 Å². The lowest BCUT2D eigenvalue weighted by molar-refractivity contribution is 0.0590. The molecule has 8 heteroatoms. The maximum absolute atomic E-state index is 12.5. The molecule has 7 nitrogen and oxygen atoms in total. The first kappa shape index (κ1) is 16.7. The summed E-state index contributed by atoms with van der Waals surface area (Å²) in [6.45, 7) is 3.39. The second-order valence-electron chi connectivity index (χ2n) is 6.28. The molecule has 0 radical (unpaired) electrons. The number of amides is 1. The Hall–Kier alpha value is -2.74. The van der Waals surface area contributed by atoms with Crippen LogP contribution in [0.25, 0.3) is 5.82 Å². The van der Waals surface area contributed by atoms with Crippen molar-refractivity contribution in [2.75, 3.05) is 13.1 Å². The molecular formula is C18H19N5O2S. The third kappa shape index (κ3) is 3.60. The van der Waals surface area contributed by atoms with Crippen molar-refractivity contribution in [1.29, 1.82) is 0 Å². The van der Waals surface area contributed by atoms with E-state index < -0.39 is 0 Å². The Bertz CT molecular complexity index is 867. The molecule has 134 valence electrons. The molecule has 0 N–H and O–H groups in total. The lowest BCUT2D eigenvalue weighted by Gasteiger charge is -2.31. The third-order valence-electron chi connectivity index (χ3n) is 4.32. The van der Waals surface area contributed by atoms with Crippen LogP contribution < -0.4 is 4.74 Å². The average molecular weight is 369 g/mol. The molecule has 0 aliphatic carbocycles. The SMILES string of the molecule is Cc1csc(C(=O)N2CCC(Oc3ccc(-n4cccn4)nn3)CC2)c1. The van der Waals surface area contributed by atoms with Gasteiger partial charge in [-0.15, -0.1) is 21.5 Å². The fourth-order valence-electron chi connectivity index (χ4n) is 2.95. The fraction of sp³-hybridized carbons (Fsp3) is 0.333. The van der Waals surface area contributed by atoms with Crippen molar-refractivity contribution in [3.8, 4) is 11.7 Å². The highest BCUT2D eigenvalue weighted by Crippen LogP contribution is 2.21. The molecule has 1 aliphatic heterocycles. The van der Waals surface area contributed by atoms with Crippen LogP contribution in [0.5, 0.6) is 5.88 Å². The Balaban J connectivity index is 1.32. The number of ether oxygens (including phenoxy) is 1. The highest BCUT2D eigenvalue weighted by Gasteiger charge is 2.25. The van der Waals surface area contributed by atoms with Crippen molar-refractivity contribution in [2.45, 2.75) is 25.9 Å². The molecule has 0 unspecified atom stereocenters. The predicted molar refractivity (Wildman–Crippen MR) is 97.8 cm³/mol. The van der Waals surface area contributed by atoms with E-state index >= 15 is 0 Å². The van der Waals surface area contributed by atoms with E-state index in [1.54, 1.807) is 16.9 Å². The van der Waals surface area contributed by atoms with Gasteiger partial charge in [-0.25, -0.2) is 4.68 Å². The van der Waals surface area contributed by atoms with E-state index in [1.165, 1.54) is 11.3 Å². The van der Waals surface area contributed by atoms with Crippen molar-refractivity contribution >= 4 is 17.2 Å². The maximum atomic E-state index is 12.5. The fourth-order valence-corrected chi connectivity index (χ4v) is 3.81. The summed E-state index contributed by atoms with van der Waals surface area (Å²) in [4.78, 5) is 15.2. The minimum atomic E-state index is 0.0500. The van der Waals surface area contributed by atoms with E-state index in [0.717, 1.165) is 23.3 Å². The topological polar surface area (TPSA) is 73.1 Å². The number of carbonyl (C=O) groups is 1. The normalized spacial score (nSPS) is 15.2. The van der Waals surface area contributed by atoms with Crippen molar-refractivity contribution < 1.29 is 9.53 Å². The summed E-state index contributed by atoms with van der Waals surface area (Å²) in [5, 5.41) is 14.4. The van der Waals surface area contributed by atoms with E-state index in [9.17, 15) is 4.79 Å². The number of hydrogen-bond acceptors (Lipinski definition) is 6. The largest absolute Gasteiger partial charge is 0.473 e. The van der Waals surface area contributed by atoms with Crippen molar-refractivity contribution in [1.82, 2.24) is 24.9 Å². The highest BCUT2D eigenvalue weighted by molar-refractivity contribution is 7.12. The number of aryl methyl sites for hydroxylation is 1. The number of rotatable bonds is 4. The Morgan fingerprint density at radius 2 is 2.12 bits per heavy atom. The third-order valence-corrected chi connectivity index (χ3v) is 5.36. The molecule has 0 bridgehead atoms. The molecule has 3 aromatic heterocycles. The van der Waals surface area contributed by atoms with E-state index in [-0.39, 0.29) is 12.0 Å². The van der Waals surface area contributed by atoms with Gasteiger partial charge in [0.2, 0.25) is 5.88 Å². The smallest absolute Gasteiger partial charge is 0.263 e. The molecule has 1 saturated heterocycles. The average Bonchev–Trinajstić information content (AvgIpc) is 3.34. The molecule has 1 amide bonds. The van der Waals surface area contributed by atoms with Crippen LogP contribution in [0.4, 0.5) is 0 Å². The van der Waals surface area contributed by atoms with E-state index in [0.29, 0.717) is 24.8 Å². The van der Waals surface area contributed by atoms with Crippen LogP contribution in [0.1, 0.15) is 28.1 Å². The molecular weight excluding hydrogens is 350 g/mol. The van der Waals surface area contributed by atoms with Gasteiger partial charge in [0.05, 0.1) is 4.88 Å². The number of likely N-dealkylation sites (tertiary alicyclic amines) is 1. The summed E-state index contributed by atoms with van der Waals surface area (Å²) in [6.07, 6.45) is 5.14. The monoisotopic (exact) mass is 369 g/mol. The molecule has 0 atom stereocenters. The van der Waals surface area contributed by atoms with Crippen LogP contribution in [-0.4, -0.2) is 50.0 Å². The molecule has 1 aliphatic rings. The minimum absolute atomic E-state index is 0.0500. The first-order valence-electron chi connectivity index (χ1n) is 8.54. The van der Waals surface area contributed by atoms with Crippen molar-refractivity contribution in [3.05, 3.63) is 52.5 Å². The summed E-state index contributed by atoms with van der Waals surface area (Å²) in [5.74, 6) is 1.26. The maximum Gasteiger partial charge on any atom is 0.263 e. The summed E-state index contributed by atoms with van der Waals surface area (Å²) in [5.41, 5.74) is 1.13. The van der Waals surface area contributed by atoms with Gasteiger partial charge in [-0.3, -0.25) is 4.79 Å². The van der Waals surface area contributed by atoms with Crippen LogP contribution in [0.3, 0.4) is 0 Å². The molecule has 4 rings (SSSR count). The predicted octanol–water partition coefficient (Wildman–Crippen LogP) is 2.72. The van der Waals surface area contributed by atoms with Crippen LogP contribution >= 0.6 is 11.3 Å². The van der Waals surface area contributed by atoms with E-state index in [2.05, 4.69) is 15.3 Å². The number of thiophene rings is 1. The second-order valence-corrected chi connectivity index (χ2v) is 7.19. The molecule has 3 aromatic rings. The zero-order valence-corrected chi connectivity index (χ0v) is 15.2. The summed E-state index contributed by atoms with van der Waals surface area (Å²) in [7, 11) is 0. The molecule has 0 spiro atoms.